The molecule has 1 aromatic rings. The first kappa shape index (κ1) is 20.2. The zero-order valence-corrected chi connectivity index (χ0v) is 16.1. The largest absolute Gasteiger partial charge is 0.464 e. The Labute approximate surface area is 160 Å². The minimum absolute atomic E-state index is 0.00886. The van der Waals surface area contributed by atoms with Gasteiger partial charge in [0.15, 0.2) is 0 Å². The highest BCUT2D eigenvalue weighted by Gasteiger charge is 2.37. The number of anilines is 1. The van der Waals surface area contributed by atoms with E-state index in [2.05, 4.69) is 4.74 Å². The number of halogens is 2. The minimum atomic E-state index is -1.37. The molecule has 1 aliphatic rings. The molecule has 26 heavy (non-hydrogen) atoms. The third-order valence-electron chi connectivity index (χ3n) is 3.73. The van der Waals surface area contributed by atoms with E-state index < -0.39 is 24.1 Å². The number of imide groups is 1. The minimum Gasteiger partial charge on any atom is -0.464 e. The van der Waals surface area contributed by atoms with Crippen LogP contribution >= 0.6 is 23.2 Å². The quantitative estimate of drug-likeness (QED) is 0.326. The van der Waals surface area contributed by atoms with Crippen molar-refractivity contribution in [3.05, 3.63) is 33.3 Å². The summed E-state index contributed by atoms with van der Waals surface area (Å²) in [5.41, 5.74) is 1.27. The molecule has 9 heteroatoms. The lowest BCUT2D eigenvalue weighted by Gasteiger charge is -2.20. The van der Waals surface area contributed by atoms with E-state index >= 15 is 0 Å². The van der Waals surface area contributed by atoms with E-state index in [4.69, 9.17) is 32.7 Å². The molecule has 0 aromatic heterocycles. The van der Waals surface area contributed by atoms with Crippen molar-refractivity contribution in [3.8, 4) is 5.75 Å². The van der Waals surface area contributed by atoms with Crippen LogP contribution in [0, 0.1) is 0 Å². The summed E-state index contributed by atoms with van der Waals surface area (Å²) >= 11 is 12.3. The number of ether oxygens (including phenoxy) is 3. The molecule has 2 amide bonds. The Morgan fingerprint density at radius 1 is 1.15 bits per heavy atom. The summed E-state index contributed by atoms with van der Waals surface area (Å²) in [6.45, 7) is 3.50. The number of carbonyl (C=O) groups excluding carboxylic acids is 3. The SMILES string of the molecule is COC(=O)C(OC)Oc1cc(N2C(=O)CC(=C(C)C)C2=O)c(Cl)cc1Cl. The van der Waals surface area contributed by atoms with Gasteiger partial charge in [-0.15, -0.1) is 0 Å². The van der Waals surface area contributed by atoms with E-state index in [1.807, 2.05) is 0 Å². The fraction of sp³-hybridized carbons (Fsp3) is 0.353. The fourth-order valence-electron chi connectivity index (χ4n) is 2.37. The van der Waals surface area contributed by atoms with Crippen LogP contribution in [0.1, 0.15) is 20.3 Å². The summed E-state index contributed by atoms with van der Waals surface area (Å²) in [5.74, 6) is -1.64. The average molecular weight is 402 g/mol. The zero-order valence-electron chi connectivity index (χ0n) is 14.6. The van der Waals surface area contributed by atoms with Gasteiger partial charge in [-0.2, -0.15) is 0 Å². The predicted molar refractivity (Wildman–Crippen MR) is 95.4 cm³/mol. The van der Waals surface area contributed by atoms with Crippen LogP contribution in [0.4, 0.5) is 5.69 Å². The van der Waals surface area contributed by atoms with Gasteiger partial charge in [-0.25, -0.2) is 9.69 Å². The maximum atomic E-state index is 12.6. The Balaban J connectivity index is 2.45. The molecule has 1 aliphatic heterocycles. The highest BCUT2D eigenvalue weighted by atomic mass is 35.5. The van der Waals surface area contributed by atoms with Gasteiger partial charge in [-0.1, -0.05) is 28.8 Å². The van der Waals surface area contributed by atoms with Crippen molar-refractivity contribution < 1.29 is 28.6 Å². The molecule has 1 saturated heterocycles. The van der Waals surface area contributed by atoms with Gasteiger partial charge < -0.3 is 14.2 Å². The molecule has 0 saturated carbocycles. The van der Waals surface area contributed by atoms with Crippen molar-refractivity contribution in [2.24, 2.45) is 0 Å². The van der Waals surface area contributed by atoms with Crippen molar-refractivity contribution in [2.75, 3.05) is 19.1 Å². The lowest BCUT2D eigenvalue weighted by molar-refractivity contribution is -0.170. The molecule has 0 spiro atoms. The van der Waals surface area contributed by atoms with E-state index in [1.165, 1.54) is 26.4 Å². The van der Waals surface area contributed by atoms with Crippen molar-refractivity contribution in [1.82, 2.24) is 0 Å². The molecular weight excluding hydrogens is 385 g/mol. The van der Waals surface area contributed by atoms with Gasteiger partial charge in [0.05, 0.1) is 29.3 Å². The summed E-state index contributed by atoms with van der Waals surface area (Å²) in [7, 11) is 2.43. The number of amides is 2. The summed E-state index contributed by atoms with van der Waals surface area (Å²) in [4.78, 5) is 37.5. The van der Waals surface area contributed by atoms with Crippen LogP contribution in [0.25, 0.3) is 0 Å². The third kappa shape index (κ3) is 3.85. The lowest BCUT2D eigenvalue weighted by Crippen LogP contribution is -2.31. The number of rotatable bonds is 5. The van der Waals surface area contributed by atoms with E-state index in [0.29, 0.717) is 5.57 Å². The van der Waals surface area contributed by atoms with Gasteiger partial charge in [-0.05, 0) is 19.9 Å². The molecule has 1 atom stereocenters. The first-order valence-electron chi connectivity index (χ1n) is 7.51. The van der Waals surface area contributed by atoms with Gasteiger partial charge in [0.2, 0.25) is 5.91 Å². The van der Waals surface area contributed by atoms with Crippen LogP contribution in [0.15, 0.2) is 23.3 Å². The van der Waals surface area contributed by atoms with E-state index in [0.717, 1.165) is 10.5 Å². The summed E-state index contributed by atoms with van der Waals surface area (Å²) in [6, 6.07) is 2.63. The number of methoxy groups -OCH3 is 2. The van der Waals surface area contributed by atoms with Crippen LogP contribution in [0.2, 0.25) is 10.0 Å². The maximum absolute atomic E-state index is 12.6. The summed E-state index contributed by atoms with van der Waals surface area (Å²) in [6.07, 6.45) is -1.39. The second-order valence-corrected chi connectivity index (χ2v) is 6.45. The third-order valence-corrected chi connectivity index (χ3v) is 4.32. The summed E-state index contributed by atoms with van der Waals surface area (Å²) < 4.78 is 14.9. The van der Waals surface area contributed by atoms with Crippen molar-refractivity contribution in [1.29, 1.82) is 0 Å². The number of allylic oxidation sites excluding steroid dienone is 1. The number of carbonyl (C=O) groups is 3. The highest BCUT2D eigenvalue weighted by Crippen LogP contribution is 2.39. The molecule has 0 N–H and O–H groups in total. The van der Waals surface area contributed by atoms with E-state index in [1.54, 1.807) is 13.8 Å². The molecular formula is C17H17Cl2NO6. The number of esters is 1. The second kappa shape index (κ2) is 8.07. The van der Waals surface area contributed by atoms with Crippen LogP contribution in [-0.4, -0.2) is 38.3 Å². The van der Waals surface area contributed by atoms with Crippen LogP contribution < -0.4 is 9.64 Å². The molecule has 1 heterocycles. The lowest BCUT2D eigenvalue weighted by atomic mass is 10.1. The van der Waals surface area contributed by atoms with Crippen molar-refractivity contribution >= 4 is 46.7 Å². The molecule has 140 valence electrons. The fourth-order valence-corrected chi connectivity index (χ4v) is 2.88. The number of hydrogen-bond acceptors (Lipinski definition) is 6. The predicted octanol–water partition coefficient (Wildman–Crippen LogP) is 3.12. The molecule has 1 fully saturated rings. The van der Waals surface area contributed by atoms with Gasteiger partial charge in [-0.3, -0.25) is 9.59 Å². The Hall–Kier alpha value is -2.09. The Bertz CT molecular complexity index is 801. The van der Waals surface area contributed by atoms with Crippen molar-refractivity contribution in [3.63, 3.8) is 0 Å². The number of nitrogens with zero attached hydrogens (tertiary/aromatic N) is 1. The monoisotopic (exact) mass is 401 g/mol. The standard InChI is InChI=1S/C17H17Cl2NO6/c1-8(2)9-5-14(21)20(15(9)22)12-7-13(11(19)6-10(12)18)26-17(25-4)16(23)24-3/h6-7,17H,5H2,1-4H3. The average Bonchev–Trinajstić information content (AvgIpc) is 2.88. The number of hydrogen-bond donors (Lipinski definition) is 0. The van der Waals surface area contributed by atoms with Gasteiger partial charge in [0.1, 0.15) is 5.75 Å². The smallest absolute Gasteiger partial charge is 0.376 e. The van der Waals surface area contributed by atoms with Gasteiger partial charge >= 0.3 is 5.97 Å². The first-order valence-corrected chi connectivity index (χ1v) is 8.26. The molecule has 0 bridgehead atoms. The molecule has 7 nitrogen and oxygen atoms in total. The Morgan fingerprint density at radius 2 is 1.81 bits per heavy atom. The summed E-state index contributed by atoms with van der Waals surface area (Å²) in [5, 5.41) is 0.164. The molecule has 0 aliphatic carbocycles. The van der Waals surface area contributed by atoms with Crippen LogP contribution in [-0.2, 0) is 23.9 Å². The Morgan fingerprint density at radius 3 is 2.31 bits per heavy atom. The van der Waals surface area contributed by atoms with Crippen LogP contribution in [0.3, 0.4) is 0 Å². The molecule has 1 unspecified atom stereocenters. The highest BCUT2D eigenvalue weighted by molar-refractivity contribution is 6.39. The topological polar surface area (TPSA) is 82.1 Å². The van der Waals surface area contributed by atoms with Crippen molar-refractivity contribution in [2.45, 2.75) is 26.6 Å². The van der Waals surface area contributed by atoms with Gasteiger partial charge in [0, 0.05) is 18.7 Å². The van der Waals surface area contributed by atoms with E-state index in [-0.39, 0.29) is 27.9 Å². The van der Waals surface area contributed by atoms with Gasteiger partial charge in [0.25, 0.3) is 12.2 Å². The Kier molecular flexibility index (Phi) is 6.28. The first-order chi connectivity index (χ1) is 12.2. The van der Waals surface area contributed by atoms with E-state index in [9.17, 15) is 14.4 Å². The molecule has 2 rings (SSSR count). The molecule has 1 aromatic carbocycles. The van der Waals surface area contributed by atoms with Crippen LogP contribution in [0.5, 0.6) is 5.75 Å². The molecule has 0 radical (unpaired) electrons. The normalized spacial score (nSPS) is 15.3. The number of benzene rings is 1. The second-order valence-electron chi connectivity index (χ2n) is 5.63. The zero-order chi connectivity index (χ0) is 19.6. The maximum Gasteiger partial charge on any atom is 0.376 e.